The van der Waals surface area contributed by atoms with E-state index in [1.165, 1.54) is 24.3 Å². The molecule has 0 aliphatic carbocycles. The second-order valence-electron chi connectivity index (χ2n) is 4.76. The number of nitrogens with one attached hydrogen (secondary N) is 1. The molecule has 0 atom stereocenters. The third-order valence-electron chi connectivity index (χ3n) is 3.23. The molecule has 0 aliphatic rings. The van der Waals surface area contributed by atoms with Gasteiger partial charge in [-0.1, -0.05) is 40.5 Å². The van der Waals surface area contributed by atoms with Crippen LogP contribution in [-0.2, 0) is 6.18 Å². The fourth-order valence-electron chi connectivity index (χ4n) is 2.16. The van der Waals surface area contributed by atoms with Crippen LogP contribution in [-0.4, -0.2) is 11.1 Å². The van der Waals surface area contributed by atoms with Gasteiger partial charge >= 0.3 is 6.18 Å². The number of anilines is 1. The number of aromatic nitrogens is 1. The molecule has 0 unspecified atom stereocenters. The number of halogens is 5. The molecule has 3 rings (SSSR count). The van der Waals surface area contributed by atoms with E-state index in [-0.39, 0.29) is 26.8 Å². The highest BCUT2D eigenvalue weighted by Crippen LogP contribution is 2.37. The normalized spacial score (nSPS) is 11.7. The standard InChI is InChI=1S/C15H7Cl2F3N2O2/c16-9-5-2-6-10(17)11(9)14(23)21-13-7-3-1-4-8(15(18,19)20)12(7)24-22-13/h1-6H,(H,21,22,23). The molecule has 0 saturated carbocycles. The lowest BCUT2D eigenvalue weighted by atomic mass is 10.1. The molecule has 24 heavy (non-hydrogen) atoms. The molecule has 0 saturated heterocycles. The van der Waals surface area contributed by atoms with Crippen molar-refractivity contribution >= 4 is 45.9 Å². The number of hydrogen-bond donors (Lipinski definition) is 1. The van der Waals surface area contributed by atoms with E-state index in [0.717, 1.165) is 6.07 Å². The molecule has 1 amide bonds. The van der Waals surface area contributed by atoms with Gasteiger partial charge in [0.25, 0.3) is 5.91 Å². The second-order valence-corrected chi connectivity index (χ2v) is 5.58. The van der Waals surface area contributed by atoms with Gasteiger partial charge in [0.05, 0.1) is 21.0 Å². The van der Waals surface area contributed by atoms with E-state index in [4.69, 9.17) is 27.7 Å². The van der Waals surface area contributed by atoms with Gasteiger partial charge in [0.2, 0.25) is 0 Å². The number of alkyl halides is 3. The number of rotatable bonds is 2. The van der Waals surface area contributed by atoms with E-state index in [1.54, 1.807) is 6.07 Å². The number of hydrogen-bond acceptors (Lipinski definition) is 3. The minimum Gasteiger partial charge on any atom is -0.353 e. The number of benzene rings is 2. The summed E-state index contributed by atoms with van der Waals surface area (Å²) in [6.07, 6.45) is -4.60. The Morgan fingerprint density at radius 2 is 1.71 bits per heavy atom. The first kappa shape index (κ1) is 16.6. The number of carbonyl (C=O) groups excluding carboxylic acids is 1. The zero-order valence-corrected chi connectivity index (χ0v) is 13.1. The monoisotopic (exact) mass is 374 g/mol. The Hall–Kier alpha value is -2.25. The Kier molecular flexibility index (Phi) is 4.15. The first-order chi connectivity index (χ1) is 11.3. The molecule has 4 nitrogen and oxygen atoms in total. The van der Waals surface area contributed by atoms with Gasteiger partial charge in [-0.25, -0.2) is 0 Å². The summed E-state index contributed by atoms with van der Waals surface area (Å²) in [5.74, 6) is -0.865. The van der Waals surface area contributed by atoms with Gasteiger partial charge in [-0.2, -0.15) is 13.2 Å². The van der Waals surface area contributed by atoms with Crippen LogP contribution in [0.1, 0.15) is 15.9 Å². The number of carbonyl (C=O) groups is 1. The van der Waals surface area contributed by atoms with Crippen LogP contribution in [0.2, 0.25) is 10.0 Å². The Morgan fingerprint density at radius 1 is 1.08 bits per heavy atom. The second kappa shape index (κ2) is 5.99. The first-order valence-corrected chi connectivity index (χ1v) is 7.25. The van der Waals surface area contributed by atoms with Crippen LogP contribution in [0.3, 0.4) is 0 Å². The maximum Gasteiger partial charge on any atom is 0.420 e. The number of amides is 1. The molecule has 9 heteroatoms. The SMILES string of the molecule is O=C(Nc1noc2c(C(F)(F)F)cccc12)c1c(Cl)cccc1Cl. The molecule has 124 valence electrons. The van der Waals surface area contributed by atoms with Crippen molar-refractivity contribution in [1.82, 2.24) is 5.16 Å². The molecular formula is C15H7Cl2F3N2O2. The smallest absolute Gasteiger partial charge is 0.353 e. The van der Waals surface area contributed by atoms with Crippen LogP contribution in [0.4, 0.5) is 19.0 Å². The molecular weight excluding hydrogens is 368 g/mol. The van der Waals surface area contributed by atoms with Crippen molar-refractivity contribution < 1.29 is 22.5 Å². The van der Waals surface area contributed by atoms with Crippen LogP contribution in [0.25, 0.3) is 11.0 Å². The average Bonchev–Trinajstić information content (AvgIpc) is 2.89. The third kappa shape index (κ3) is 2.92. The number of fused-ring (bicyclic) bond motifs is 1. The van der Waals surface area contributed by atoms with Crippen LogP contribution >= 0.6 is 23.2 Å². The van der Waals surface area contributed by atoms with Gasteiger partial charge < -0.3 is 9.84 Å². The van der Waals surface area contributed by atoms with Gasteiger partial charge in [0, 0.05) is 0 Å². The molecule has 0 bridgehead atoms. The molecule has 1 N–H and O–H groups in total. The Balaban J connectivity index is 2.01. The van der Waals surface area contributed by atoms with Gasteiger partial charge in [-0.3, -0.25) is 4.79 Å². The molecule has 0 radical (unpaired) electrons. The van der Waals surface area contributed by atoms with Crippen molar-refractivity contribution in [2.24, 2.45) is 0 Å². The summed E-state index contributed by atoms with van der Waals surface area (Å²) < 4.78 is 43.6. The molecule has 0 spiro atoms. The van der Waals surface area contributed by atoms with Crippen molar-refractivity contribution in [2.45, 2.75) is 6.18 Å². The van der Waals surface area contributed by atoms with E-state index in [9.17, 15) is 18.0 Å². The van der Waals surface area contributed by atoms with Gasteiger partial charge in [0.1, 0.15) is 5.56 Å². The van der Waals surface area contributed by atoms with Crippen molar-refractivity contribution in [3.63, 3.8) is 0 Å². The predicted octanol–water partition coefficient (Wildman–Crippen LogP) is 5.41. The highest BCUT2D eigenvalue weighted by Gasteiger charge is 2.35. The molecule has 2 aromatic carbocycles. The zero-order chi connectivity index (χ0) is 17.5. The zero-order valence-electron chi connectivity index (χ0n) is 11.6. The van der Waals surface area contributed by atoms with E-state index in [2.05, 4.69) is 10.5 Å². The van der Waals surface area contributed by atoms with E-state index in [0.29, 0.717) is 0 Å². The maximum atomic E-state index is 13.0. The van der Waals surface area contributed by atoms with E-state index < -0.39 is 23.2 Å². The summed E-state index contributed by atoms with van der Waals surface area (Å²) in [7, 11) is 0. The van der Waals surface area contributed by atoms with Crippen LogP contribution in [0, 0.1) is 0 Å². The summed E-state index contributed by atoms with van der Waals surface area (Å²) in [5.41, 5.74) is -1.46. The molecule has 1 aromatic heterocycles. The molecule has 1 heterocycles. The van der Waals surface area contributed by atoms with Crippen LogP contribution in [0.15, 0.2) is 40.9 Å². The maximum absolute atomic E-state index is 13.0. The Morgan fingerprint density at radius 3 is 2.33 bits per heavy atom. The minimum atomic E-state index is -4.60. The summed E-state index contributed by atoms with van der Waals surface area (Å²) >= 11 is 11.9. The summed E-state index contributed by atoms with van der Waals surface area (Å²) in [5, 5.41) is 6.08. The van der Waals surface area contributed by atoms with Crippen molar-refractivity contribution in [1.29, 1.82) is 0 Å². The van der Waals surface area contributed by atoms with E-state index >= 15 is 0 Å². The highest BCUT2D eigenvalue weighted by atomic mass is 35.5. The van der Waals surface area contributed by atoms with Gasteiger partial charge in [-0.15, -0.1) is 0 Å². The van der Waals surface area contributed by atoms with Crippen molar-refractivity contribution in [3.05, 3.63) is 57.6 Å². The predicted molar refractivity (Wildman–Crippen MR) is 83.4 cm³/mol. The minimum absolute atomic E-state index is 0.0102. The molecule has 0 fully saturated rings. The third-order valence-corrected chi connectivity index (χ3v) is 3.86. The average molecular weight is 375 g/mol. The number of para-hydroxylation sites is 1. The summed E-state index contributed by atoms with van der Waals surface area (Å²) in [6.45, 7) is 0. The van der Waals surface area contributed by atoms with Crippen molar-refractivity contribution in [3.8, 4) is 0 Å². The fraction of sp³-hybridized carbons (Fsp3) is 0.0667. The van der Waals surface area contributed by atoms with Crippen LogP contribution < -0.4 is 5.32 Å². The quantitative estimate of drug-likeness (QED) is 0.652. The summed E-state index contributed by atoms with van der Waals surface area (Å²) in [6, 6.07) is 7.90. The highest BCUT2D eigenvalue weighted by molar-refractivity contribution is 6.40. The van der Waals surface area contributed by atoms with Gasteiger partial charge in [-0.05, 0) is 24.3 Å². The number of nitrogens with zero attached hydrogens (tertiary/aromatic N) is 1. The van der Waals surface area contributed by atoms with Crippen molar-refractivity contribution in [2.75, 3.05) is 5.32 Å². The van der Waals surface area contributed by atoms with Gasteiger partial charge in [0.15, 0.2) is 11.4 Å². The fourth-order valence-corrected chi connectivity index (χ4v) is 2.73. The largest absolute Gasteiger partial charge is 0.420 e. The lowest BCUT2D eigenvalue weighted by Crippen LogP contribution is -2.13. The van der Waals surface area contributed by atoms with E-state index in [1.807, 2.05) is 0 Å². The molecule has 0 aliphatic heterocycles. The molecule has 3 aromatic rings. The van der Waals surface area contributed by atoms with Crippen LogP contribution in [0.5, 0.6) is 0 Å². The summed E-state index contributed by atoms with van der Waals surface area (Å²) in [4.78, 5) is 12.3. The lowest BCUT2D eigenvalue weighted by molar-refractivity contribution is -0.137. The Bertz CT molecular complexity index is 918. The first-order valence-electron chi connectivity index (χ1n) is 6.50. The topological polar surface area (TPSA) is 55.1 Å². The Labute approximate surface area is 143 Å². The lowest BCUT2D eigenvalue weighted by Gasteiger charge is -2.07.